The summed E-state index contributed by atoms with van der Waals surface area (Å²) in [5.74, 6) is 0. The largest absolute Gasteiger partial charge is 0.326 e. The summed E-state index contributed by atoms with van der Waals surface area (Å²) in [7, 11) is 2.01. The van der Waals surface area contributed by atoms with Crippen molar-refractivity contribution in [3.05, 3.63) is 17.5 Å². The van der Waals surface area contributed by atoms with Crippen molar-refractivity contribution in [3.63, 3.8) is 0 Å². The molecular weight excluding hydrogens is 200 g/mol. The van der Waals surface area contributed by atoms with E-state index < -0.39 is 0 Å². The lowest BCUT2D eigenvalue weighted by Crippen LogP contribution is -2.33. The molecule has 0 amide bonds. The zero-order chi connectivity index (χ0) is 11.7. The Kier molecular flexibility index (Phi) is 3.30. The first-order valence-electron chi connectivity index (χ1n) is 6.13. The van der Waals surface area contributed by atoms with E-state index in [2.05, 4.69) is 23.0 Å². The van der Waals surface area contributed by atoms with Crippen molar-refractivity contribution >= 4 is 0 Å². The Hall–Kier alpha value is -0.870. The molecule has 2 rings (SSSR count). The third-order valence-electron chi connectivity index (χ3n) is 3.40. The fourth-order valence-electron chi connectivity index (χ4n) is 2.73. The van der Waals surface area contributed by atoms with Gasteiger partial charge in [-0.25, -0.2) is 0 Å². The number of hydrogen-bond donors (Lipinski definition) is 1. The van der Waals surface area contributed by atoms with Crippen molar-refractivity contribution in [2.24, 2.45) is 12.8 Å². The normalized spacial score (nSPS) is 26.5. The highest BCUT2D eigenvalue weighted by atomic mass is 15.3. The second-order valence-electron chi connectivity index (χ2n) is 4.77. The predicted molar refractivity (Wildman–Crippen MR) is 65.1 cm³/mol. The second-order valence-corrected chi connectivity index (χ2v) is 4.77. The summed E-state index contributed by atoms with van der Waals surface area (Å²) >= 11 is 0. The van der Waals surface area contributed by atoms with Gasteiger partial charge in [0.2, 0.25) is 0 Å². The average molecular weight is 222 g/mol. The molecule has 4 nitrogen and oxygen atoms in total. The number of aryl methyl sites for hydroxylation is 2. The topological polar surface area (TPSA) is 47.1 Å². The minimum absolute atomic E-state index is 0.251. The molecule has 0 aromatic carbocycles. The molecule has 1 saturated heterocycles. The van der Waals surface area contributed by atoms with Gasteiger partial charge in [-0.1, -0.05) is 6.92 Å². The third-order valence-corrected chi connectivity index (χ3v) is 3.40. The van der Waals surface area contributed by atoms with Gasteiger partial charge in [0.25, 0.3) is 0 Å². The highest BCUT2D eigenvalue weighted by Crippen LogP contribution is 2.31. The van der Waals surface area contributed by atoms with Gasteiger partial charge in [-0.2, -0.15) is 5.10 Å². The second kappa shape index (κ2) is 4.55. The molecule has 1 fully saturated rings. The number of hydrogen-bond acceptors (Lipinski definition) is 3. The summed E-state index contributed by atoms with van der Waals surface area (Å²) < 4.78 is 1.98. The van der Waals surface area contributed by atoms with Crippen LogP contribution in [-0.4, -0.2) is 33.8 Å². The molecule has 0 radical (unpaired) electrons. The summed E-state index contributed by atoms with van der Waals surface area (Å²) in [6.07, 6.45) is 2.27. The number of likely N-dealkylation sites (tertiary alicyclic amines) is 1. The first kappa shape index (κ1) is 11.6. The Bertz CT molecular complexity index is 356. The van der Waals surface area contributed by atoms with Crippen molar-refractivity contribution in [1.29, 1.82) is 0 Å². The smallest absolute Gasteiger partial charge is 0.0671 e. The Morgan fingerprint density at radius 2 is 2.31 bits per heavy atom. The summed E-state index contributed by atoms with van der Waals surface area (Å²) in [6.45, 7) is 6.50. The summed E-state index contributed by atoms with van der Waals surface area (Å²) in [5, 5.41) is 4.42. The molecule has 0 unspecified atom stereocenters. The molecule has 0 saturated carbocycles. The number of nitrogens with two attached hydrogens (primary N) is 1. The zero-order valence-corrected chi connectivity index (χ0v) is 10.5. The number of aromatic nitrogens is 2. The lowest BCUT2D eigenvalue weighted by Gasteiger charge is -2.26. The first-order chi connectivity index (χ1) is 7.63. The van der Waals surface area contributed by atoms with Crippen LogP contribution in [0.2, 0.25) is 0 Å². The molecule has 2 heterocycles. The van der Waals surface area contributed by atoms with Gasteiger partial charge in [0, 0.05) is 19.6 Å². The van der Waals surface area contributed by atoms with E-state index in [1.54, 1.807) is 0 Å². The number of nitrogens with zero attached hydrogens (tertiary/aromatic N) is 3. The van der Waals surface area contributed by atoms with E-state index in [9.17, 15) is 0 Å². The van der Waals surface area contributed by atoms with Crippen LogP contribution in [0, 0.1) is 6.92 Å². The van der Waals surface area contributed by atoms with Crippen LogP contribution in [0.1, 0.15) is 37.2 Å². The van der Waals surface area contributed by atoms with Gasteiger partial charge in [0.1, 0.15) is 0 Å². The fraction of sp³-hybridized carbons (Fsp3) is 0.750. The van der Waals surface area contributed by atoms with Gasteiger partial charge in [-0.05, 0) is 32.4 Å². The predicted octanol–water partition coefficient (Wildman–Crippen LogP) is 1.21. The lowest BCUT2D eigenvalue weighted by molar-refractivity contribution is 0.239. The van der Waals surface area contributed by atoms with Crippen LogP contribution in [0.4, 0.5) is 0 Å². The van der Waals surface area contributed by atoms with Crippen LogP contribution in [0.25, 0.3) is 0 Å². The van der Waals surface area contributed by atoms with Crippen molar-refractivity contribution in [1.82, 2.24) is 14.7 Å². The maximum absolute atomic E-state index is 6.23. The van der Waals surface area contributed by atoms with E-state index in [1.165, 1.54) is 12.1 Å². The monoisotopic (exact) mass is 222 g/mol. The van der Waals surface area contributed by atoms with Crippen LogP contribution >= 0.6 is 0 Å². The Balaban J connectivity index is 2.26. The van der Waals surface area contributed by atoms with Crippen LogP contribution in [0.3, 0.4) is 0 Å². The molecule has 1 aromatic rings. The van der Waals surface area contributed by atoms with Crippen molar-refractivity contribution in [2.75, 3.05) is 13.1 Å². The van der Waals surface area contributed by atoms with Crippen LogP contribution in [0.5, 0.6) is 0 Å². The highest BCUT2D eigenvalue weighted by molar-refractivity contribution is 5.17. The highest BCUT2D eigenvalue weighted by Gasteiger charge is 2.34. The van der Waals surface area contributed by atoms with Crippen molar-refractivity contribution in [2.45, 2.75) is 38.8 Å². The summed E-state index contributed by atoms with van der Waals surface area (Å²) in [5.41, 5.74) is 8.56. The third kappa shape index (κ3) is 1.99. The Morgan fingerprint density at radius 1 is 1.56 bits per heavy atom. The lowest BCUT2D eigenvalue weighted by atomic mass is 10.1. The van der Waals surface area contributed by atoms with E-state index in [0.29, 0.717) is 6.04 Å². The van der Waals surface area contributed by atoms with Crippen LogP contribution < -0.4 is 5.73 Å². The van der Waals surface area contributed by atoms with E-state index >= 15 is 0 Å². The van der Waals surface area contributed by atoms with Crippen molar-refractivity contribution < 1.29 is 0 Å². The molecular formula is C12H22N4. The standard InChI is InChI=1S/C12H22N4/c1-4-6-16-7-5-10(13)12(16)11-8-9(2)14-15(11)3/h8,10,12H,4-7,13H2,1-3H3/t10-,12-/m0/s1. The summed E-state index contributed by atoms with van der Waals surface area (Å²) in [4.78, 5) is 2.49. The average Bonchev–Trinajstić information content (AvgIpc) is 2.71. The molecule has 16 heavy (non-hydrogen) atoms. The van der Waals surface area contributed by atoms with Gasteiger partial charge in [-0.3, -0.25) is 9.58 Å². The molecule has 0 bridgehead atoms. The van der Waals surface area contributed by atoms with E-state index in [4.69, 9.17) is 5.73 Å². The molecule has 2 atom stereocenters. The molecule has 1 aliphatic heterocycles. The van der Waals surface area contributed by atoms with Gasteiger partial charge >= 0.3 is 0 Å². The molecule has 90 valence electrons. The first-order valence-corrected chi connectivity index (χ1v) is 6.13. The Labute approximate surface area is 97.4 Å². The quantitative estimate of drug-likeness (QED) is 0.836. The molecule has 1 aliphatic rings. The van der Waals surface area contributed by atoms with Gasteiger partial charge in [-0.15, -0.1) is 0 Å². The maximum atomic E-state index is 6.23. The maximum Gasteiger partial charge on any atom is 0.0671 e. The Morgan fingerprint density at radius 3 is 2.88 bits per heavy atom. The molecule has 0 spiro atoms. The minimum Gasteiger partial charge on any atom is -0.326 e. The van der Waals surface area contributed by atoms with Crippen molar-refractivity contribution in [3.8, 4) is 0 Å². The van der Waals surface area contributed by atoms with E-state index in [-0.39, 0.29) is 6.04 Å². The van der Waals surface area contributed by atoms with Gasteiger partial charge < -0.3 is 5.73 Å². The van der Waals surface area contributed by atoms with Crippen LogP contribution in [0.15, 0.2) is 6.07 Å². The minimum atomic E-state index is 0.251. The van der Waals surface area contributed by atoms with Gasteiger partial charge in [0.05, 0.1) is 17.4 Å². The fourth-order valence-corrected chi connectivity index (χ4v) is 2.73. The SMILES string of the molecule is CCCN1CC[C@H](N)[C@H]1c1cc(C)nn1C. The molecule has 1 aromatic heterocycles. The molecule has 4 heteroatoms. The van der Waals surface area contributed by atoms with Crippen LogP contribution in [-0.2, 0) is 7.05 Å². The molecule has 0 aliphatic carbocycles. The molecule has 2 N–H and O–H groups in total. The van der Waals surface area contributed by atoms with E-state index in [1.807, 2.05) is 18.7 Å². The van der Waals surface area contributed by atoms with E-state index in [0.717, 1.165) is 25.2 Å². The summed E-state index contributed by atoms with van der Waals surface area (Å²) in [6, 6.07) is 2.77. The number of rotatable bonds is 3. The van der Waals surface area contributed by atoms with Gasteiger partial charge in [0.15, 0.2) is 0 Å². The zero-order valence-electron chi connectivity index (χ0n) is 10.5.